The highest BCUT2D eigenvalue weighted by atomic mass is 32.2. The number of rotatable bonds is 3. The van der Waals surface area contributed by atoms with Gasteiger partial charge in [-0.15, -0.1) is 0 Å². The van der Waals surface area contributed by atoms with Gasteiger partial charge in [-0.25, -0.2) is 0 Å². The first-order valence-corrected chi connectivity index (χ1v) is 8.85. The molecule has 1 aliphatic carbocycles. The minimum atomic E-state index is -3.28. The molecule has 0 aromatic carbocycles. The van der Waals surface area contributed by atoms with Crippen LogP contribution in [0.4, 0.5) is 0 Å². The Labute approximate surface area is 117 Å². The Hall–Kier alpha value is -0.170. The summed E-state index contributed by atoms with van der Waals surface area (Å²) >= 11 is 0. The molecule has 2 aliphatic rings. The Morgan fingerprint density at radius 3 is 2.47 bits per heavy atom. The van der Waals surface area contributed by atoms with E-state index in [1.54, 1.807) is 15.7 Å². The maximum atomic E-state index is 12.6. The zero-order valence-corrected chi connectivity index (χ0v) is 13.0. The fourth-order valence-electron chi connectivity index (χ4n) is 3.03. The van der Waals surface area contributed by atoms with Crippen LogP contribution in [0.1, 0.15) is 39.0 Å². The smallest absolute Gasteiger partial charge is 0.282 e. The number of nitrogens with zero attached hydrogens (tertiary/aromatic N) is 2. The van der Waals surface area contributed by atoms with Gasteiger partial charge < -0.3 is 5.32 Å². The summed E-state index contributed by atoms with van der Waals surface area (Å²) in [5.41, 5.74) is 0. The van der Waals surface area contributed by atoms with Crippen molar-refractivity contribution in [2.75, 3.05) is 33.2 Å². The van der Waals surface area contributed by atoms with Crippen molar-refractivity contribution in [3.05, 3.63) is 0 Å². The lowest BCUT2D eigenvalue weighted by Gasteiger charge is -2.35. The Bertz CT molecular complexity index is 369. The van der Waals surface area contributed by atoms with Crippen molar-refractivity contribution in [3.8, 4) is 0 Å². The van der Waals surface area contributed by atoms with Crippen LogP contribution in [-0.2, 0) is 10.2 Å². The summed E-state index contributed by atoms with van der Waals surface area (Å²) in [6.07, 6.45) is 5.19. The summed E-state index contributed by atoms with van der Waals surface area (Å²) < 4.78 is 28.6. The monoisotopic (exact) mass is 289 g/mol. The van der Waals surface area contributed by atoms with E-state index in [1.165, 1.54) is 0 Å². The molecule has 2 fully saturated rings. The normalized spacial score (nSPS) is 31.3. The van der Waals surface area contributed by atoms with E-state index < -0.39 is 10.2 Å². The van der Waals surface area contributed by atoms with E-state index in [4.69, 9.17) is 0 Å². The minimum Gasteiger partial charge on any atom is -0.315 e. The van der Waals surface area contributed by atoms with E-state index in [0.29, 0.717) is 13.1 Å². The predicted molar refractivity (Wildman–Crippen MR) is 77.2 cm³/mol. The van der Waals surface area contributed by atoms with Crippen LogP contribution in [0.15, 0.2) is 0 Å². The number of hydrogen-bond acceptors (Lipinski definition) is 3. The Kier molecular flexibility index (Phi) is 5.22. The third-order valence-electron chi connectivity index (χ3n) is 4.49. The van der Waals surface area contributed by atoms with Crippen molar-refractivity contribution in [2.45, 2.75) is 45.1 Å². The maximum Gasteiger partial charge on any atom is 0.282 e. The van der Waals surface area contributed by atoms with Gasteiger partial charge in [-0.05, 0) is 44.6 Å². The summed E-state index contributed by atoms with van der Waals surface area (Å²) in [6.45, 7) is 5.16. The highest BCUT2D eigenvalue weighted by Crippen LogP contribution is 2.28. The number of hydrogen-bond donors (Lipinski definition) is 1. The van der Waals surface area contributed by atoms with Gasteiger partial charge in [-0.2, -0.15) is 17.0 Å². The van der Waals surface area contributed by atoms with Crippen molar-refractivity contribution in [2.24, 2.45) is 5.92 Å². The van der Waals surface area contributed by atoms with Crippen molar-refractivity contribution >= 4 is 10.2 Å². The molecule has 0 amide bonds. The summed E-state index contributed by atoms with van der Waals surface area (Å²) in [6, 6.07) is 0.192. The van der Waals surface area contributed by atoms with Gasteiger partial charge in [-0.1, -0.05) is 6.92 Å². The predicted octanol–water partition coefficient (Wildman–Crippen LogP) is 1.04. The molecule has 1 saturated carbocycles. The first kappa shape index (κ1) is 15.2. The molecule has 1 aliphatic heterocycles. The molecule has 6 heteroatoms. The van der Waals surface area contributed by atoms with Gasteiger partial charge in [0.05, 0.1) is 0 Å². The summed E-state index contributed by atoms with van der Waals surface area (Å²) in [4.78, 5) is 0. The average Bonchev–Trinajstić information content (AvgIpc) is 2.68. The number of nitrogens with one attached hydrogen (secondary N) is 1. The molecule has 2 rings (SSSR count). The molecule has 0 spiro atoms. The zero-order valence-electron chi connectivity index (χ0n) is 12.1. The zero-order chi connectivity index (χ0) is 13.9. The van der Waals surface area contributed by atoms with Crippen LogP contribution >= 0.6 is 0 Å². The molecule has 0 aromatic heterocycles. The second-order valence-electron chi connectivity index (χ2n) is 5.94. The highest BCUT2D eigenvalue weighted by molar-refractivity contribution is 7.86. The van der Waals surface area contributed by atoms with Gasteiger partial charge in [-0.3, -0.25) is 0 Å². The van der Waals surface area contributed by atoms with Crippen molar-refractivity contribution in [1.82, 2.24) is 13.9 Å². The van der Waals surface area contributed by atoms with Crippen molar-refractivity contribution in [1.29, 1.82) is 0 Å². The van der Waals surface area contributed by atoms with E-state index in [9.17, 15) is 8.42 Å². The van der Waals surface area contributed by atoms with Crippen LogP contribution in [0.2, 0.25) is 0 Å². The van der Waals surface area contributed by atoms with Crippen LogP contribution in [0, 0.1) is 5.92 Å². The van der Waals surface area contributed by atoms with Gasteiger partial charge in [0.1, 0.15) is 0 Å². The van der Waals surface area contributed by atoms with Gasteiger partial charge in [0.15, 0.2) is 0 Å². The lowest BCUT2D eigenvalue weighted by Crippen LogP contribution is -2.48. The Morgan fingerprint density at radius 1 is 1.11 bits per heavy atom. The van der Waals surface area contributed by atoms with Gasteiger partial charge in [0.2, 0.25) is 0 Å². The second kappa shape index (κ2) is 6.52. The van der Waals surface area contributed by atoms with Crippen LogP contribution < -0.4 is 5.32 Å². The third kappa shape index (κ3) is 3.68. The topological polar surface area (TPSA) is 52.7 Å². The molecule has 0 unspecified atom stereocenters. The lowest BCUT2D eigenvalue weighted by molar-refractivity contribution is 0.233. The van der Waals surface area contributed by atoms with E-state index in [1.807, 2.05) is 0 Å². The SMILES string of the molecule is CC1CCC(N(C)S(=O)(=O)N2CCCNCC2)CC1. The summed E-state index contributed by atoms with van der Waals surface area (Å²) in [7, 11) is -1.52. The van der Waals surface area contributed by atoms with Crippen LogP contribution in [0.25, 0.3) is 0 Å². The molecule has 112 valence electrons. The Morgan fingerprint density at radius 2 is 1.79 bits per heavy atom. The quantitative estimate of drug-likeness (QED) is 0.844. The first-order chi connectivity index (χ1) is 9.01. The molecule has 0 bridgehead atoms. The molecule has 5 nitrogen and oxygen atoms in total. The van der Waals surface area contributed by atoms with E-state index in [-0.39, 0.29) is 6.04 Å². The van der Waals surface area contributed by atoms with Crippen molar-refractivity contribution < 1.29 is 8.42 Å². The van der Waals surface area contributed by atoms with Crippen LogP contribution in [0.5, 0.6) is 0 Å². The van der Waals surface area contributed by atoms with Gasteiger partial charge in [0.25, 0.3) is 10.2 Å². The average molecular weight is 289 g/mol. The molecule has 0 aromatic rings. The molecule has 1 heterocycles. The molecule has 19 heavy (non-hydrogen) atoms. The largest absolute Gasteiger partial charge is 0.315 e. The second-order valence-corrected chi connectivity index (χ2v) is 7.93. The fraction of sp³-hybridized carbons (Fsp3) is 1.00. The first-order valence-electron chi connectivity index (χ1n) is 7.45. The lowest BCUT2D eigenvalue weighted by atomic mass is 9.87. The highest BCUT2D eigenvalue weighted by Gasteiger charge is 2.33. The van der Waals surface area contributed by atoms with Gasteiger partial charge in [0, 0.05) is 32.7 Å². The van der Waals surface area contributed by atoms with Gasteiger partial charge >= 0.3 is 0 Å². The van der Waals surface area contributed by atoms with Crippen LogP contribution in [0.3, 0.4) is 0 Å². The van der Waals surface area contributed by atoms with Crippen LogP contribution in [-0.4, -0.2) is 56.3 Å². The fourth-order valence-corrected chi connectivity index (χ4v) is 4.66. The standard InChI is InChI=1S/C13H27N3O2S/c1-12-4-6-13(7-5-12)15(2)19(17,18)16-10-3-8-14-9-11-16/h12-14H,3-11H2,1-2H3. The van der Waals surface area contributed by atoms with Crippen molar-refractivity contribution in [3.63, 3.8) is 0 Å². The van der Waals surface area contributed by atoms with E-state index in [2.05, 4.69) is 12.2 Å². The molecule has 0 atom stereocenters. The third-order valence-corrected chi connectivity index (χ3v) is 6.53. The molecule has 0 radical (unpaired) electrons. The minimum absolute atomic E-state index is 0.192. The van der Waals surface area contributed by atoms with E-state index in [0.717, 1.165) is 51.1 Å². The van der Waals surface area contributed by atoms with E-state index >= 15 is 0 Å². The maximum absolute atomic E-state index is 12.6. The molecule has 1 N–H and O–H groups in total. The molecular formula is C13H27N3O2S. The Balaban J connectivity index is 2.01. The summed E-state index contributed by atoms with van der Waals surface area (Å²) in [5.74, 6) is 0.745. The molecular weight excluding hydrogens is 262 g/mol. The molecule has 1 saturated heterocycles. The summed E-state index contributed by atoms with van der Waals surface area (Å²) in [5, 5.41) is 3.25.